The molecule has 0 aliphatic rings. The number of amides is 2. The highest BCUT2D eigenvalue weighted by Gasteiger charge is 2.34. The minimum Gasteiger partial charge on any atom is -0.480 e. The van der Waals surface area contributed by atoms with Gasteiger partial charge in [-0.1, -0.05) is 0 Å². The SMILES string of the molecule is CN(C(=O)NCCc1cnn(C)c1)C(C)(C)C(=O)O. The van der Waals surface area contributed by atoms with Gasteiger partial charge in [0.05, 0.1) is 6.20 Å². The van der Waals surface area contributed by atoms with Crippen LogP contribution in [0.1, 0.15) is 19.4 Å². The fraction of sp³-hybridized carbons (Fsp3) is 0.583. The van der Waals surface area contributed by atoms with Crippen molar-refractivity contribution in [1.82, 2.24) is 20.0 Å². The zero-order valence-corrected chi connectivity index (χ0v) is 11.7. The van der Waals surface area contributed by atoms with Crippen LogP contribution in [0, 0.1) is 0 Å². The summed E-state index contributed by atoms with van der Waals surface area (Å²) in [5, 5.41) is 15.7. The van der Waals surface area contributed by atoms with Crippen molar-refractivity contribution in [3.63, 3.8) is 0 Å². The second-order valence-corrected chi connectivity index (χ2v) is 4.93. The zero-order valence-electron chi connectivity index (χ0n) is 11.7. The van der Waals surface area contributed by atoms with E-state index in [1.165, 1.54) is 25.8 Å². The van der Waals surface area contributed by atoms with Crippen LogP contribution in [-0.4, -0.2) is 50.9 Å². The van der Waals surface area contributed by atoms with E-state index in [9.17, 15) is 9.59 Å². The smallest absolute Gasteiger partial charge is 0.329 e. The van der Waals surface area contributed by atoms with Crippen molar-refractivity contribution in [3.8, 4) is 0 Å². The van der Waals surface area contributed by atoms with Gasteiger partial charge in [0.25, 0.3) is 0 Å². The van der Waals surface area contributed by atoms with Crippen molar-refractivity contribution in [3.05, 3.63) is 18.0 Å². The minimum absolute atomic E-state index is 0.406. The number of rotatable bonds is 5. The molecule has 0 radical (unpaired) electrons. The molecule has 0 aliphatic heterocycles. The first kappa shape index (κ1) is 15.0. The summed E-state index contributed by atoms with van der Waals surface area (Å²) >= 11 is 0. The van der Waals surface area contributed by atoms with Gasteiger partial charge in [-0.15, -0.1) is 0 Å². The Labute approximate surface area is 112 Å². The lowest BCUT2D eigenvalue weighted by molar-refractivity contribution is -0.146. The molecule has 0 spiro atoms. The number of urea groups is 1. The van der Waals surface area contributed by atoms with Crippen LogP contribution in [0.3, 0.4) is 0 Å². The van der Waals surface area contributed by atoms with Gasteiger partial charge in [0.2, 0.25) is 0 Å². The van der Waals surface area contributed by atoms with Crippen molar-refractivity contribution in [2.75, 3.05) is 13.6 Å². The number of carboxylic acid groups (broad SMARTS) is 1. The molecule has 1 aromatic rings. The van der Waals surface area contributed by atoms with Gasteiger partial charge in [0.15, 0.2) is 0 Å². The van der Waals surface area contributed by atoms with Gasteiger partial charge >= 0.3 is 12.0 Å². The third-order valence-corrected chi connectivity index (χ3v) is 3.11. The number of hydrogen-bond acceptors (Lipinski definition) is 3. The summed E-state index contributed by atoms with van der Waals surface area (Å²) in [5.41, 5.74) is -0.221. The molecule has 0 saturated heterocycles. The highest BCUT2D eigenvalue weighted by molar-refractivity contribution is 5.85. The first-order valence-electron chi connectivity index (χ1n) is 5.97. The van der Waals surface area contributed by atoms with Crippen molar-refractivity contribution in [2.24, 2.45) is 7.05 Å². The van der Waals surface area contributed by atoms with E-state index in [2.05, 4.69) is 10.4 Å². The number of likely N-dealkylation sites (N-methyl/N-ethyl adjacent to an activating group) is 1. The third kappa shape index (κ3) is 3.70. The van der Waals surface area contributed by atoms with Crippen molar-refractivity contribution in [2.45, 2.75) is 25.8 Å². The molecule has 106 valence electrons. The topological polar surface area (TPSA) is 87.5 Å². The molecular formula is C12H20N4O3. The molecule has 1 rings (SSSR count). The molecule has 1 aromatic heterocycles. The maximum absolute atomic E-state index is 11.8. The predicted octanol–water partition coefficient (Wildman–Crippen LogP) is 0.467. The van der Waals surface area contributed by atoms with Crippen LogP contribution in [0.15, 0.2) is 12.4 Å². The predicted molar refractivity (Wildman–Crippen MR) is 69.8 cm³/mol. The molecule has 1 heterocycles. The van der Waals surface area contributed by atoms with E-state index in [0.717, 1.165) is 5.56 Å². The molecule has 2 amide bonds. The van der Waals surface area contributed by atoms with Crippen LogP contribution in [0.5, 0.6) is 0 Å². The lowest BCUT2D eigenvalue weighted by atomic mass is 10.1. The average Bonchev–Trinajstić information content (AvgIpc) is 2.73. The Morgan fingerprint density at radius 3 is 2.63 bits per heavy atom. The van der Waals surface area contributed by atoms with E-state index in [-0.39, 0.29) is 0 Å². The monoisotopic (exact) mass is 268 g/mol. The Bertz CT molecular complexity index is 467. The van der Waals surface area contributed by atoms with Crippen LogP contribution < -0.4 is 5.32 Å². The minimum atomic E-state index is -1.24. The Morgan fingerprint density at radius 2 is 2.16 bits per heavy atom. The summed E-state index contributed by atoms with van der Waals surface area (Å²) in [7, 11) is 3.29. The van der Waals surface area contributed by atoms with Crippen molar-refractivity contribution in [1.29, 1.82) is 0 Å². The van der Waals surface area contributed by atoms with E-state index in [4.69, 9.17) is 5.11 Å². The zero-order chi connectivity index (χ0) is 14.6. The number of carbonyl (C=O) groups is 2. The lowest BCUT2D eigenvalue weighted by Gasteiger charge is -2.31. The second kappa shape index (κ2) is 5.73. The maximum Gasteiger partial charge on any atom is 0.329 e. The van der Waals surface area contributed by atoms with E-state index < -0.39 is 17.5 Å². The molecular weight excluding hydrogens is 248 g/mol. The number of nitrogens with zero attached hydrogens (tertiary/aromatic N) is 3. The van der Waals surface area contributed by atoms with Gasteiger partial charge in [-0.05, 0) is 25.8 Å². The molecule has 0 saturated carbocycles. The number of aromatic nitrogens is 2. The van der Waals surface area contributed by atoms with Crippen LogP contribution >= 0.6 is 0 Å². The standard InChI is InChI=1S/C12H20N4O3/c1-12(2,10(17)18)16(4)11(19)13-6-5-9-7-14-15(3)8-9/h7-8H,5-6H2,1-4H3,(H,13,19)(H,17,18). The number of hydrogen-bond donors (Lipinski definition) is 2. The molecule has 0 unspecified atom stereocenters. The molecule has 7 nitrogen and oxygen atoms in total. The molecule has 7 heteroatoms. The van der Waals surface area contributed by atoms with E-state index >= 15 is 0 Å². The molecule has 2 N–H and O–H groups in total. The molecule has 0 aromatic carbocycles. The van der Waals surface area contributed by atoms with Gasteiger partial charge in [-0.2, -0.15) is 5.10 Å². The first-order chi connectivity index (χ1) is 8.75. The van der Waals surface area contributed by atoms with Gasteiger partial charge in [0.1, 0.15) is 5.54 Å². The Hall–Kier alpha value is -2.05. The van der Waals surface area contributed by atoms with Crippen LogP contribution in [0.2, 0.25) is 0 Å². The maximum atomic E-state index is 11.8. The lowest BCUT2D eigenvalue weighted by Crippen LogP contribution is -2.54. The number of aliphatic carboxylic acids is 1. The van der Waals surface area contributed by atoms with Gasteiger partial charge in [-0.25, -0.2) is 9.59 Å². The summed E-state index contributed by atoms with van der Waals surface area (Å²) in [5.74, 6) is -1.04. The van der Waals surface area contributed by atoms with Crippen molar-refractivity contribution >= 4 is 12.0 Å². The molecule has 0 bridgehead atoms. The van der Waals surface area contributed by atoms with Gasteiger partial charge in [-0.3, -0.25) is 4.68 Å². The molecule has 0 aliphatic carbocycles. The fourth-order valence-corrected chi connectivity index (χ4v) is 1.43. The largest absolute Gasteiger partial charge is 0.480 e. The van der Waals surface area contributed by atoms with Crippen LogP contribution in [-0.2, 0) is 18.3 Å². The summed E-state index contributed by atoms with van der Waals surface area (Å²) < 4.78 is 1.69. The molecule has 0 atom stereocenters. The average molecular weight is 268 g/mol. The normalized spacial score (nSPS) is 11.2. The summed E-state index contributed by atoms with van der Waals surface area (Å²) in [6.45, 7) is 3.40. The highest BCUT2D eigenvalue weighted by atomic mass is 16.4. The first-order valence-corrected chi connectivity index (χ1v) is 5.97. The number of carbonyl (C=O) groups excluding carboxylic acids is 1. The van der Waals surface area contributed by atoms with Gasteiger partial charge < -0.3 is 15.3 Å². The van der Waals surface area contributed by atoms with E-state index in [0.29, 0.717) is 13.0 Å². The Kier molecular flexibility index (Phi) is 4.52. The fourth-order valence-electron chi connectivity index (χ4n) is 1.43. The molecule has 0 fully saturated rings. The van der Waals surface area contributed by atoms with Crippen LogP contribution in [0.4, 0.5) is 4.79 Å². The van der Waals surface area contributed by atoms with Gasteiger partial charge in [0, 0.05) is 26.8 Å². The second-order valence-electron chi connectivity index (χ2n) is 4.93. The highest BCUT2D eigenvalue weighted by Crippen LogP contribution is 2.12. The number of nitrogens with one attached hydrogen (secondary N) is 1. The van der Waals surface area contributed by atoms with E-state index in [1.807, 2.05) is 13.2 Å². The summed E-state index contributed by atoms with van der Waals surface area (Å²) in [4.78, 5) is 24.0. The van der Waals surface area contributed by atoms with Crippen LogP contribution in [0.25, 0.3) is 0 Å². The Morgan fingerprint density at radius 1 is 1.53 bits per heavy atom. The van der Waals surface area contributed by atoms with E-state index in [1.54, 1.807) is 10.9 Å². The number of aryl methyl sites for hydroxylation is 1. The Balaban J connectivity index is 2.45. The molecule has 19 heavy (non-hydrogen) atoms. The summed E-state index contributed by atoms with van der Waals surface area (Å²) in [6.07, 6.45) is 4.26. The quantitative estimate of drug-likeness (QED) is 0.812. The third-order valence-electron chi connectivity index (χ3n) is 3.11. The summed E-state index contributed by atoms with van der Waals surface area (Å²) in [6, 6.07) is -0.406. The van der Waals surface area contributed by atoms with Crippen molar-refractivity contribution < 1.29 is 14.7 Å². The number of carboxylic acids is 1.